The van der Waals surface area contributed by atoms with Crippen LogP contribution < -0.4 is 0 Å². The molecule has 0 spiro atoms. The fourth-order valence-electron chi connectivity index (χ4n) is 1.16. The van der Waals surface area contributed by atoms with E-state index in [1.807, 2.05) is 37.1 Å². The zero-order valence-electron chi connectivity index (χ0n) is 8.22. The Labute approximate surface area is 87.4 Å². The number of aromatic nitrogens is 1. The van der Waals surface area contributed by atoms with E-state index in [0.717, 1.165) is 5.56 Å². The number of hydrogen-bond donors (Lipinski definition) is 0. The number of nitrogens with zero attached hydrogens (tertiary/aromatic N) is 1. The van der Waals surface area contributed by atoms with Gasteiger partial charge in [-0.1, -0.05) is 43.1 Å². The molecular weight excluding hydrogens is 189 g/mol. The van der Waals surface area contributed by atoms with Crippen molar-refractivity contribution in [1.29, 1.82) is 0 Å². The minimum Gasteiger partial charge on any atom is -0.264 e. The fourth-order valence-corrected chi connectivity index (χ4v) is 1.16. The van der Waals surface area contributed by atoms with E-state index < -0.39 is 0 Å². The molecule has 14 heavy (non-hydrogen) atoms. The molecular formula is C12H14NP. The van der Waals surface area contributed by atoms with Gasteiger partial charge in [-0.25, -0.2) is 0 Å². The van der Waals surface area contributed by atoms with Crippen LogP contribution >= 0.6 is 9.24 Å². The van der Waals surface area contributed by atoms with Gasteiger partial charge in [-0.2, -0.15) is 0 Å². The minimum atomic E-state index is 1.16. The summed E-state index contributed by atoms with van der Waals surface area (Å²) >= 11 is 0. The molecule has 0 amide bonds. The molecule has 0 saturated carbocycles. The van der Waals surface area contributed by atoms with Gasteiger partial charge in [-0.05, 0) is 17.2 Å². The largest absolute Gasteiger partial charge is 0.264 e. The number of hydrogen-bond acceptors (Lipinski definition) is 1. The second-order valence-corrected chi connectivity index (χ2v) is 2.61. The molecule has 1 atom stereocenters. The van der Waals surface area contributed by atoms with Crippen LogP contribution in [0.15, 0.2) is 54.9 Å². The summed E-state index contributed by atoms with van der Waals surface area (Å²) in [6, 6.07) is 14.2. The summed E-state index contributed by atoms with van der Waals surface area (Å²) in [6.45, 7) is 1.92. The third-order valence-electron chi connectivity index (χ3n) is 1.77. The van der Waals surface area contributed by atoms with E-state index >= 15 is 0 Å². The van der Waals surface area contributed by atoms with Gasteiger partial charge in [-0.3, -0.25) is 4.98 Å². The fraction of sp³-hybridized carbons (Fsp3) is 0.0833. The quantitative estimate of drug-likeness (QED) is 0.648. The van der Waals surface area contributed by atoms with E-state index in [4.69, 9.17) is 0 Å². The summed E-state index contributed by atoms with van der Waals surface area (Å²) in [6.07, 6.45) is 3.65. The minimum absolute atomic E-state index is 1.16. The van der Waals surface area contributed by atoms with Gasteiger partial charge in [-0.15, -0.1) is 9.24 Å². The van der Waals surface area contributed by atoms with Crippen molar-refractivity contribution in [2.75, 3.05) is 6.66 Å². The van der Waals surface area contributed by atoms with Gasteiger partial charge < -0.3 is 0 Å². The second kappa shape index (κ2) is 6.28. The molecule has 1 heterocycles. The van der Waals surface area contributed by atoms with Crippen molar-refractivity contribution in [2.24, 2.45) is 0 Å². The highest BCUT2D eigenvalue weighted by Crippen LogP contribution is 2.16. The van der Waals surface area contributed by atoms with Crippen LogP contribution in [-0.2, 0) is 0 Å². The molecule has 1 nitrogen and oxygen atoms in total. The summed E-state index contributed by atoms with van der Waals surface area (Å²) in [5.41, 5.74) is 2.38. The molecule has 2 aromatic rings. The molecule has 72 valence electrons. The summed E-state index contributed by atoms with van der Waals surface area (Å²) in [5.74, 6) is 0. The molecule has 0 aliphatic heterocycles. The molecule has 0 bridgehead atoms. The van der Waals surface area contributed by atoms with Crippen LogP contribution in [0.1, 0.15) is 0 Å². The van der Waals surface area contributed by atoms with Crippen LogP contribution in [0.3, 0.4) is 0 Å². The predicted molar refractivity (Wildman–Crippen MR) is 65.3 cm³/mol. The van der Waals surface area contributed by atoms with Crippen molar-refractivity contribution in [1.82, 2.24) is 4.98 Å². The summed E-state index contributed by atoms with van der Waals surface area (Å²) in [7, 11) is 2.42. The van der Waals surface area contributed by atoms with Crippen LogP contribution in [0.5, 0.6) is 0 Å². The third-order valence-corrected chi connectivity index (χ3v) is 1.77. The Balaban J connectivity index is 0.000000461. The van der Waals surface area contributed by atoms with Crippen LogP contribution in [0, 0.1) is 0 Å². The first-order chi connectivity index (χ1) is 6.97. The molecule has 1 aromatic carbocycles. The Bertz CT molecular complexity index is 308. The van der Waals surface area contributed by atoms with Gasteiger partial charge in [0.15, 0.2) is 0 Å². The smallest absolute Gasteiger partial charge is 0.0346 e. The third kappa shape index (κ3) is 2.93. The second-order valence-electron chi connectivity index (χ2n) is 2.61. The van der Waals surface area contributed by atoms with E-state index in [-0.39, 0.29) is 0 Å². The first-order valence-corrected chi connectivity index (χ1v) is 5.65. The standard InChI is InChI=1S/C11H9N.CH5P/c1-2-5-10(6-3-1)11-7-4-8-12-9-11;1-2/h1-9H;2H2,1H3. The average Bonchev–Trinajstić information content (AvgIpc) is 2.34. The lowest BCUT2D eigenvalue weighted by Crippen LogP contribution is -1.76. The Morgan fingerprint density at radius 3 is 2.07 bits per heavy atom. The topological polar surface area (TPSA) is 12.9 Å². The van der Waals surface area contributed by atoms with Crippen molar-refractivity contribution in [3.8, 4) is 11.1 Å². The summed E-state index contributed by atoms with van der Waals surface area (Å²) in [5, 5.41) is 0. The van der Waals surface area contributed by atoms with E-state index in [2.05, 4.69) is 32.4 Å². The zero-order valence-corrected chi connectivity index (χ0v) is 9.38. The van der Waals surface area contributed by atoms with Gasteiger partial charge in [0.25, 0.3) is 0 Å². The maximum atomic E-state index is 4.06. The molecule has 2 heteroatoms. The SMILES string of the molecule is CP.c1ccc(-c2cccnc2)cc1. The van der Waals surface area contributed by atoms with E-state index in [1.165, 1.54) is 5.56 Å². The molecule has 0 fully saturated rings. The number of benzene rings is 1. The Morgan fingerprint density at radius 2 is 1.50 bits per heavy atom. The van der Waals surface area contributed by atoms with Crippen molar-refractivity contribution in [2.45, 2.75) is 0 Å². The highest BCUT2D eigenvalue weighted by Gasteiger charge is 1.92. The molecule has 0 radical (unpaired) electrons. The van der Waals surface area contributed by atoms with Crippen molar-refractivity contribution in [3.05, 3.63) is 54.9 Å². The first-order valence-electron chi connectivity index (χ1n) is 4.50. The molecule has 1 unspecified atom stereocenters. The van der Waals surface area contributed by atoms with Gasteiger partial charge in [0.1, 0.15) is 0 Å². The normalized spacial score (nSPS) is 8.71. The lowest BCUT2D eigenvalue weighted by atomic mass is 10.1. The van der Waals surface area contributed by atoms with E-state index in [1.54, 1.807) is 6.20 Å². The lowest BCUT2D eigenvalue weighted by molar-refractivity contribution is 1.33. The first kappa shape index (κ1) is 10.9. The molecule has 0 saturated heterocycles. The number of rotatable bonds is 1. The van der Waals surface area contributed by atoms with E-state index in [0.29, 0.717) is 0 Å². The van der Waals surface area contributed by atoms with E-state index in [9.17, 15) is 0 Å². The van der Waals surface area contributed by atoms with Crippen molar-refractivity contribution in [3.63, 3.8) is 0 Å². The van der Waals surface area contributed by atoms with Crippen LogP contribution in [0.25, 0.3) is 11.1 Å². The van der Waals surface area contributed by atoms with Crippen molar-refractivity contribution < 1.29 is 0 Å². The van der Waals surface area contributed by atoms with Gasteiger partial charge in [0.05, 0.1) is 0 Å². The van der Waals surface area contributed by atoms with Crippen LogP contribution in [0.4, 0.5) is 0 Å². The molecule has 2 rings (SSSR count). The highest BCUT2D eigenvalue weighted by atomic mass is 31.0. The van der Waals surface area contributed by atoms with Gasteiger partial charge in [0, 0.05) is 12.4 Å². The number of pyridine rings is 1. The Kier molecular flexibility index (Phi) is 4.88. The van der Waals surface area contributed by atoms with Crippen LogP contribution in [-0.4, -0.2) is 11.6 Å². The van der Waals surface area contributed by atoms with Gasteiger partial charge >= 0.3 is 0 Å². The summed E-state index contributed by atoms with van der Waals surface area (Å²) < 4.78 is 0. The molecule has 1 aromatic heterocycles. The van der Waals surface area contributed by atoms with Crippen molar-refractivity contribution >= 4 is 9.24 Å². The molecule has 0 aliphatic carbocycles. The highest BCUT2D eigenvalue weighted by molar-refractivity contribution is 7.15. The monoisotopic (exact) mass is 203 g/mol. The Hall–Kier alpha value is -1.20. The predicted octanol–water partition coefficient (Wildman–Crippen LogP) is 3.24. The zero-order chi connectivity index (χ0) is 10.2. The summed E-state index contributed by atoms with van der Waals surface area (Å²) in [4.78, 5) is 4.06. The van der Waals surface area contributed by atoms with Gasteiger partial charge in [0.2, 0.25) is 0 Å². The average molecular weight is 203 g/mol. The molecule has 0 aliphatic rings. The maximum Gasteiger partial charge on any atom is 0.0346 e. The molecule has 0 N–H and O–H groups in total. The lowest BCUT2D eigenvalue weighted by Gasteiger charge is -1.97. The Morgan fingerprint density at radius 1 is 0.857 bits per heavy atom. The maximum absolute atomic E-state index is 4.06. The van der Waals surface area contributed by atoms with Crippen LogP contribution in [0.2, 0.25) is 0 Å².